The molecule has 0 atom stereocenters. The molecule has 2 aromatic heterocycles. The van der Waals surface area contributed by atoms with Crippen molar-refractivity contribution >= 4 is 0 Å². The Kier molecular flexibility index (Phi) is 2.35. The number of rotatable bonds is 3. The summed E-state index contributed by atoms with van der Waals surface area (Å²) < 4.78 is 4.18. The van der Waals surface area contributed by atoms with Gasteiger partial charge in [-0.3, -0.25) is 0 Å². The third-order valence-electron chi connectivity index (χ3n) is 2.37. The number of aromatic nitrogens is 4. The Balaban J connectivity index is 2.22. The second-order valence-corrected chi connectivity index (χ2v) is 3.32. The van der Waals surface area contributed by atoms with Gasteiger partial charge in [-0.2, -0.15) is 0 Å². The van der Waals surface area contributed by atoms with Crippen LogP contribution in [0.3, 0.4) is 0 Å². The normalized spacial score (nSPS) is 10.7. The van der Waals surface area contributed by atoms with Crippen LogP contribution in [0.5, 0.6) is 0 Å². The molecular weight excluding hydrogens is 176 g/mol. The van der Waals surface area contributed by atoms with E-state index in [0.717, 1.165) is 18.8 Å². The molecule has 2 heterocycles. The topological polar surface area (TPSA) is 35.6 Å². The summed E-state index contributed by atoms with van der Waals surface area (Å²) in [7, 11) is 2.00. The monoisotopic (exact) mass is 190 g/mol. The SMILES string of the molecule is CCc1nccn1Cc1cncn1C. The lowest BCUT2D eigenvalue weighted by Gasteiger charge is -2.06. The molecule has 0 aliphatic rings. The molecule has 14 heavy (non-hydrogen) atoms. The van der Waals surface area contributed by atoms with E-state index in [1.54, 1.807) is 0 Å². The van der Waals surface area contributed by atoms with Gasteiger partial charge in [0.05, 0.1) is 18.6 Å². The minimum atomic E-state index is 0.847. The molecular formula is C10H14N4. The molecule has 74 valence electrons. The number of aryl methyl sites for hydroxylation is 2. The number of nitrogens with zero attached hydrogens (tertiary/aromatic N) is 4. The summed E-state index contributed by atoms with van der Waals surface area (Å²) in [6, 6.07) is 0. The van der Waals surface area contributed by atoms with Crippen molar-refractivity contribution < 1.29 is 0 Å². The van der Waals surface area contributed by atoms with Crippen molar-refractivity contribution in [2.24, 2.45) is 7.05 Å². The fourth-order valence-electron chi connectivity index (χ4n) is 1.51. The molecule has 0 aromatic carbocycles. The van der Waals surface area contributed by atoms with Crippen LogP contribution in [-0.2, 0) is 20.0 Å². The molecule has 0 aliphatic carbocycles. The van der Waals surface area contributed by atoms with Crippen molar-refractivity contribution in [2.75, 3.05) is 0 Å². The molecule has 0 saturated carbocycles. The summed E-state index contributed by atoms with van der Waals surface area (Å²) in [5, 5.41) is 0. The first kappa shape index (κ1) is 8.99. The first-order chi connectivity index (χ1) is 6.81. The second-order valence-electron chi connectivity index (χ2n) is 3.32. The Morgan fingerprint density at radius 3 is 2.93 bits per heavy atom. The fourth-order valence-corrected chi connectivity index (χ4v) is 1.51. The molecule has 4 heteroatoms. The van der Waals surface area contributed by atoms with E-state index in [0.29, 0.717) is 0 Å². The maximum atomic E-state index is 4.28. The lowest BCUT2D eigenvalue weighted by Crippen LogP contribution is -2.06. The summed E-state index contributed by atoms with van der Waals surface area (Å²) in [5.74, 6) is 1.12. The van der Waals surface area contributed by atoms with Crippen LogP contribution in [0.1, 0.15) is 18.4 Å². The molecule has 0 saturated heterocycles. The van der Waals surface area contributed by atoms with Crippen molar-refractivity contribution in [3.8, 4) is 0 Å². The van der Waals surface area contributed by atoms with Crippen LogP contribution in [-0.4, -0.2) is 19.1 Å². The largest absolute Gasteiger partial charge is 0.336 e. The Morgan fingerprint density at radius 2 is 2.29 bits per heavy atom. The van der Waals surface area contributed by atoms with Crippen LogP contribution < -0.4 is 0 Å². The van der Waals surface area contributed by atoms with Gasteiger partial charge in [0.1, 0.15) is 5.82 Å². The van der Waals surface area contributed by atoms with Crippen molar-refractivity contribution in [2.45, 2.75) is 19.9 Å². The van der Waals surface area contributed by atoms with E-state index in [-0.39, 0.29) is 0 Å². The third kappa shape index (κ3) is 1.55. The third-order valence-corrected chi connectivity index (χ3v) is 2.37. The average Bonchev–Trinajstić information content (AvgIpc) is 2.77. The van der Waals surface area contributed by atoms with E-state index >= 15 is 0 Å². The minimum absolute atomic E-state index is 0.847. The highest BCUT2D eigenvalue weighted by molar-refractivity contribution is 5.02. The van der Waals surface area contributed by atoms with Gasteiger partial charge < -0.3 is 9.13 Å². The lowest BCUT2D eigenvalue weighted by molar-refractivity contribution is 0.685. The van der Waals surface area contributed by atoms with Crippen molar-refractivity contribution in [1.29, 1.82) is 0 Å². The second kappa shape index (κ2) is 3.65. The molecule has 0 spiro atoms. The Hall–Kier alpha value is -1.58. The quantitative estimate of drug-likeness (QED) is 0.729. The van der Waals surface area contributed by atoms with E-state index in [1.165, 1.54) is 5.69 Å². The van der Waals surface area contributed by atoms with Crippen LogP contribution in [0.2, 0.25) is 0 Å². The van der Waals surface area contributed by atoms with Crippen LogP contribution >= 0.6 is 0 Å². The van der Waals surface area contributed by atoms with Gasteiger partial charge in [0.25, 0.3) is 0 Å². The summed E-state index contributed by atoms with van der Waals surface area (Å²) in [6.45, 7) is 2.96. The van der Waals surface area contributed by atoms with Gasteiger partial charge in [-0.25, -0.2) is 9.97 Å². The van der Waals surface area contributed by atoms with Gasteiger partial charge in [-0.1, -0.05) is 6.92 Å². The summed E-state index contributed by atoms with van der Waals surface area (Å²) >= 11 is 0. The smallest absolute Gasteiger partial charge is 0.108 e. The van der Waals surface area contributed by atoms with E-state index in [9.17, 15) is 0 Å². The zero-order valence-electron chi connectivity index (χ0n) is 8.51. The number of hydrogen-bond acceptors (Lipinski definition) is 2. The van der Waals surface area contributed by atoms with Gasteiger partial charge >= 0.3 is 0 Å². The van der Waals surface area contributed by atoms with E-state index in [4.69, 9.17) is 0 Å². The molecule has 0 aliphatic heterocycles. The Morgan fingerprint density at radius 1 is 1.43 bits per heavy atom. The van der Waals surface area contributed by atoms with Gasteiger partial charge in [0.15, 0.2) is 0 Å². The zero-order chi connectivity index (χ0) is 9.97. The molecule has 2 aromatic rings. The average molecular weight is 190 g/mol. The maximum absolute atomic E-state index is 4.28. The van der Waals surface area contributed by atoms with Crippen LogP contribution in [0.25, 0.3) is 0 Å². The van der Waals surface area contributed by atoms with Crippen LogP contribution in [0.15, 0.2) is 24.9 Å². The molecule has 0 bridgehead atoms. The molecule has 0 unspecified atom stereocenters. The number of imidazole rings is 2. The number of hydrogen-bond donors (Lipinski definition) is 0. The van der Waals surface area contributed by atoms with E-state index in [1.807, 2.05) is 36.5 Å². The molecule has 0 amide bonds. The Bertz CT molecular complexity index is 413. The van der Waals surface area contributed by atoms with Gasteiger partial charge in [-0.05, 0) is 0 Å². The highest BCUT2D eigenvalue weighted by Gasteiger charge is 2.03. The minimum Gasteiger partial charge on any atom is -0.336 e. The fraction of sp³-hybridized carbons (Fsp3) is 0.400. The summed E-state index contributed by atoms with van der Waals surface area (Å²) in [4.78, 5) is 8.37. The van der Waals surface area contributed by atoms with Gasteiger partial charge in [0, 0.05) is 32.1 Å². The summed E-state index contributed by atoms with van der Waals surface area (Å²) in [6.07, 6.45) is 8.52. The molecule has 2 rings (SSSR count). The zero-order valence-corrected chi connectivity index (χ0v) is 8.51. The Labute approximate surface area is 83.2 Å². The van der Waals surface area contributed by atoms with Crippen molar-refractivity contribution in [3.05, 3.63) is 36.4 Å². The van der Waals surface area contributed by atoms with E-state index in [2.05, 4.69) is 21.5 Å². The predicted octanol–water partition coefficient (Wildman–Crippen LogP) is 1.23. The molecule has 0 radical (unpaired) electrons. The highest BCUT2D eigenvalue weighted by Crippen LogP contribution is 2.04. The predicted molar refractivity (Wildman–Crippen MR) is 53.9 cm³/mol. The standard InChI is InChI=1S/C10H14N4/c1-3-10-12-4-5-14(10)7-9-6-11-8-13(9)2/h4-6,8H,3,7H2,1-2H3. The highest BCUT2D eigenvalue weighted by atomic mass is 15.1. The first-order valence-electron chi connectivity index (χ1n) is 4.76. The maximum Gasteiger partial charge on any atom is 0.108 e. The van der Waals surface area contributed by atoms with Crippen LogP contribution in [0.4, 0.5) is 0 Å². The molecule has 0 fully saturated rings. The summed E-state index contributed by atoms with van der Waals surface area (Å²) in [5.41, 5.74) is 1.19. The first-order valence-corrected chi connectivity index (χ1v) is 4.76. The molecule has 0 N–H and O–H groups in total. The van der Waals surface area contributed by atoms with Gasteiger partial charge in [0.2, 0.25) is 0 Å². The molecule has 4 nitrogen and oxygen atoms in total. The van der Waals surface area contributed by atoms with E-state index < -0.39 is 0 Å². The van der Waals surface area contributed by atoms with Crippen molar-refractivity contribution in [1.82, 2.24) is 19.1 Å². The lowest BCUT2D eigenvalue weighted by atomic mass is 10.4. The van der Waals surface area contributed by atoms with Gasteiger partial charge in [-0.15, -0.1) is 0 Å². The van der Waals surface area contributed by atoms with Crippen molar-refractivity contribution in [3.63, 3.8) is 0 Å². The van der Waals surface area contributed by atoms with Crippen LogP contribution in [0, 0.1) is 0 Å².